The Hall–Kier alpha value is -3.35. The molecule has 0 unspecified atom stereocenters. The average molecular weight is 324 g/mol. The molecule has 0 bridgehead atoms. The van der Waals surface area contributed by atoms with Crippen LogP contribution in [0.1, 0.15) is 21.9 Å². The number of benzene rings is 1. The van der Waals surface area contributed by atoms with Gasteiger partial charge in [-0.05, 0) is 43.3 Å². The van der Waals surface area contributed by atoms with Crippen molar-refractivity contribution < 1.29 is 14.3 Å². The summed E-state index contributed by atoms with van der Waals surface area (Å²) in [6.45, 7) is 2.33. The van der Waals surface area contributed by atoms with E-state index in [-0.39, 0.29) is 5.56 Å². The van der Waals surface area contributed by atoms with E-state index in [4.69, 9.17) is 9.52 Å². The highest BCUT2D eigenvalue weighted by Crippen LogP contribution is 2.18. The second-order valence-electron chi connectivity index (χ2n) is 5.13. The number of carbonyl (C=O) groups is 1. The normalized spacial score (nSPS) is 10.4. The predicted octanol–water partition coefficient (Wildman–Crippen LogP) is 3.43. The summed E-state index contributed by atoms with van der Waals surface area (Å²) in [5.41, 5.74) is 0.982. The van der Waals surface area contributed by atoms with Gasteiger partial charge in [-0.1, -0.05) is 0 Å². The molecule has 3 N–H and O–H groups in total. The zero-order valence-electron chi connectivity index (χ0n) is 13.0. The van der Waals surface area contributed by atoms with Crippen LogP contribution >= 0.6 is 0 Å². The maximum Gasteiger partial charge on any atom is 0.335 e. The molecule has 3 aromatic rings. The minimum atomic E-state index is -0.955. The van der Waals surface area contributed by atoms with E-state index < -0.39 is 5.97 Å². The third kappa shape index (κ3) is 3.89. The molecule has 0 atom stereocenters. The summed E-state index contributed by atoms with van der Waals surface area (Å²) in [6.07, 6.45) is 1.62. The van der Waals surface area contributed by atoms with E-state index in [2.05, 4.69) is 20.6 Å². The van der Waals surface area contributed by atoms with Crippen molar-refractivity contribution in [3.63, 3.8) is 0 Å². The number of hydrogen-bond acceptors (Lipinski definition) is 6. The van der Waals surface area contributed by atoms with Gasteiger partial charge in [0.2, 0.25) is 0 Å². The molecular weight excluding hydrogens is 308 g/mol. The quantitative estimate of drug-likeness (QED) is 0.638. The molecule has 0 amide bonds. The van der Waals surface area contributed by atoms with E-state index in [1.807, 2.05) is 12.1 Å². The third-order valence-electron chi connectivity index (χ3n) is 3.27. The van der Waals surface area contributed by atoms with Gasteiger partial charge in [-0.3, -0.25) is 0 Å². The third-order valence-corrected chi connectivity index (χ3v) is 3.27. The number of hydrogen-bond donors (Lipinski definition) is 3. The van der Waals surface area contributed by atoms with Crippen molar-refractivity contribution in [2.24, 2.45) is 0 Å². The monoisotopic (exact) mass is 324 g/mol. The molecule has 0 fully saturated rings. The fourth-order valence-corrected chi connectivity index (χ4v) is 2.16. The summed E-state index contributed by atoms with van der Waals surface area (Å²) >= 11 is 0. The maximum absolute atomic E-state index is 10.9. The van der Waals surface area contributed by atoms with E-state index in [1.165, 1.54) is 12.1 Å². The Kier molecular flexibility index (Phi) is 4.42. The maximum atomic E-state index is 10.9. The highest BCUT2D eigenvalue weighted by molar-refractivity contribution is 5.88. The van der Waals surface area contributed by atoms with Crippen LogP contribution in [0.15, 0.2) is 53.1 Å². The van der Waals surface area contributed by atoms with Crippen molar-refractivity contribution in [2.75, 3.05) is 10.6 Å². The Balaban J connectivity index is 1.72. The number of nitrogens with zero attached hydrogens (tertiary/aromatic N) is 2. The number of aryl methyl sites for hydroxylation is 1. The van der Waals surface area contributed by atoms with Crippen LogP contribution in [0.4, 0.5) is 17.3 Å². The molecule has 0 aliphatic carbocycles. The van der Waals surface area contributed by atoms with Crippen LogP contribution in [0.25, 0.3) is 0 Å². The summed E-state index contributed by atoms with van der Waals surface area (Å²) in [6, 6.07) is 11.9. The second-order valence-corrected chi connectivity index (χ2v) is 5.13. The molecule has 2 heterocycles. The largest absolute Gasteiger partial charge is 0.478 e. The molecule has 0 aliphatic heterocycles. The summed E-state index contributed by atoms with van der Waals surface area (Å²) in [7, 11) is 0. The lowest BCUT2D eigenvalue weighted by Crippen LogP contribution is -2.04. The van der Waals surface area contributed by atoms with Crippen LogP contribution in [-0.2, 0) is 6.54 Å². The lowest BCUT2D eigenvalue weighted by molar-refractivity contribution is 0.0697. The molecule has 24 heavy (non-hydrogen) atoms. The minimum Gasteiger partial charge on any atom is -0.478 e. The van der Waals surface area contributed by atoms with Crippen molar-refractivity contribution in [1.82, 2.24) is 9.97 Å². The molecule has 2 aromatic heterocycles. The Morgan fingerprint density at radius 3 is 2.58 bits per heavy atom. The van der Waals surface area contributed by atoms with Crippen LogP contribution in [0, 0.1) is 6.92 Å². The molecule has 0 saturated heterocycles. The van der Waals surface area contributed by atoms with Crippen molar-refractivity contribution in [3.8, 4) is 0 Å². The van der Waals surface area contributed by atoms with Crippen LogP contribution in [0.5, 0.6) is 0 Å². The SMILES string of the molecule is Cc1nc(NCc2ccco2)cc(Nc2ccc(C(=O)O)cc2)n1. The molecule has 122 valence electrons. The number of anilines is 3. The molecule has 0 aliphatic rings. The van der Waals surface area contributed by atoms with Gasteiger partial charge in [0.05, 0.1) is 18.4 Å². The lowest BCUT2D eigenvalue weighted by Gasteiger charge is -2.10. The number of aromatic nitrogens is 2. The van der Waals surface area contributed by atoms with Gasteiger partial charge in [-0.25, -0.2) is 14.8 Å². The van der Waals surface area contributed by atoms with Crippen molar-refractivity contribution in [2.45, 2.75) is 13.5 Å². The Bertz CT molecular complexity index is 830. The molecule has 3 rings (SSSR count). The Morgan fingerprint density at radius 2 is 1.92 bits per heavy atom. The first-order valence-electron chi connectivity index (χ1n) is 7.32. The van der Waals surface area contributed by atoms with Gasteiger partial charge in [-0.2, -0.15) is 0 Å². The van der Waals surface area contributed by atoms with E-state index in [9.17, 15) is 4.79 Å². The number of aromatic carboxylic acids is 1. The molecule has 0 saturated carbocycles. The minimum absolute atomic E-state index is 0.236. The first-order valence-corrected chi connectivity index (χ1v) is 7.32. The van der Waals surface area contributed by atoms with E-state index in [0.717, 1.165) is 11.4 Å². The number of furan rings is 1. The van der Waals surface area contributed by atoms with E-state index in [1.54, 1.807) is 31.4 Å². The number of nitrogens with one attached hydrogen (secondary N) is 2. The first kappa shape index (κ1) is 15.5. The first-order chi connectivity index (χ1) is 11.6. The number of rotatable bonds is 6. The summed E-state index contributed by atoms with van der Waals surface area (Å²) in [5.74, 6) is 1.76. The van der Waals surface area contributed by atoms with Gasteiger partial charge in [0.25, 0.3) is 0 Å². The van der Waals surface area contributed by atoms with E-state index >= 15 is 0 Å². The van der Waals surface area contributed by atoms with Crippen molar-refractivity contribution in [3.05, 3.63) is 65.9 Å². The number of carboxylic acid groups (broad SMARTS) is 1. The van der Waals surface area contributed by atoms with Gasteiger partial charge >= 0.3 is 5.97 Å². The zero-order chi connectivity index (χ0) is 16.9. The van der Waals surface area contributed by atoms with Gasteiger partial charge in [0, 0.05) is 11.8 Å². The fraction of sp³-hybridized carbons (Fsp3) is 0.118. The van der Waals surface area contributed by atoms with Gasteiger partial charge in [-0.15, -0.1) is 0 Å². The molecular formula is C17H16N4O3. The van der Waals surface area contributed by atoms with Crippen molar-refractivity contribution >= 4 is 23.3 Å². The molecule has 7 nitrogen and oxygen atoms in total. The van der Waals surface area contributed by atoms with Crippen molar-refractivity contribution in [1.29, 1.82) is 0 Å². The number of carboxylic acids is 1. The zero-order valence-corrected chi connectivity index (χ0v) is 13.0. The standard InChI is InChI=1S/C17H16N4O3/c1-11-19-15(18-10-14-3-2-8-24-14)9-16(20-11)21-13-6-4-12(5-7-13)17(22)23/h2-9H,10H2,1H3,(H,22,23)(H2,18,19,20,21). The topological polar surface area (TPSA) is 100 Å². The predicted molar refractivity (Wildman–Crippen MR) is 89.5 cm³/mol. The summed E-state index contributed by atoms with van der Waals surface area (Å²) in [5, 5.41) is 15.2. The second kappa shape index (κ2) is 6.82. The summed E-state index contributed by atoms with van der Waals surface area (Å²) < 4.78 is 5.27. The summed E-state index contributed by atoms with van der Waals surface area (Å²) in [4.78, 5) is 19.5. The van der Waals surface area contributed by atoms with Crippen LogP contribution < -0.4 is 10.6 Å². The molecule has 1 aromatic carbocycles. The van der Waals surface area contributed by atoms with Crippen LogP contribution in [0.2, 0.25) is 0 Å². The molecule has 7 heteroatoms. The Labute approximate surface area is 138 Å². The lowest BCUT2D eigenvalue weighted by atomic mass is 10.2. The van der Waals surface area contributed by atoms with Gasteiger partial charge in [0.1, 0.15) is 23.2 Å². The smallest absolute Gasteiger partial charge is 0.335 e. The highest BCUT2D eigenvalue weighted by Gasteiger charge is 2.05. The fourth-order valence-electron chi connectivity index (χ4n) is 2.16. The highest BCUT2D eigenvalue weighted by atomic mass is 16.4. The van der Waals surface area contributed by atoms with Gasteiger partial charge < -0.3 is 20.2 Å². The molecule has 0 radical (unpaired) electrons. The van der Waals surface area contributed by atoms with Gasteiger partial charge in [0.15, 0.2) is 0 Å². The van der Waals surface area contributed by atoms with E-state index in [0.29, 0.717) is 24.0 Å². The average Bonchev–Trinajstić information content (AvgIpc) is 3.06. The van der Waals surface area contributed by atoms with Crippen LogP contribution in [0.3, 0.4) is 0 Å². The Morgan fingerprint density at radius 1 is 1.17 bits per heavy atom. The van der Waals surface area contributed by atoms with Crippen LogP contribution in [-0.4, -0.2) is 21.0 Å². The molecule has 0 spiro atoms.